The van der Waals surface area contributed by atoms with E-state index in [9.17, 15) is 0 Å². The molecular weight excluding hydrogens is 415 g/mol. The van der Waals surface area contributed by atoms with Crippen LogP contribution < -0.4 is 10.6 Å². The van der Waals surface area contributed by atoms with Crippen LogP contribution in [-0.2, 0) is 4.74 Å². The number of nitrogens with one attached hydrogen (secondary N) is 2. The molecule has 1 atom stereocenters. The molecule has 2 N–H and O–H groups in total. The second-order valence-electron chi connectivity index (χ2n) is 6.95. The van der Waals surface area contributed by atoms with Crippen molar-refractivity contribution in [3.8, 4) is 0 Å². The molecule has 5 nitrogen and oxygen atoms in total. The van der Waals surface area contributed by atoms with Crippen LogP contribution in [0.1, 0.15) is 52.9 Å². The smallest absolute Gasteiger partial charge is 0.191 e. The maximum Gasteiger partial charge on any atom is 0.191 e. The summed E-state index contributed by atoms with van der Waals surface area (Å²) in [7, 11) is 0. The van der Waals surface area contributed by atoms with Crippen LogP contribution in [0.25, 0.3) is 0 Å². The lowest BCUT2D eigenvalue weighted by atomic mass is 10.0. The summed E-state index contributed by atoms with van der Waals surface area (Å²) in [4.78, 5) is 7.43. The Labute approximate surface area is 165 Å². The first-order chi connectivity index (χ1) is 11.2. The van der Waals surface area contributed by atoms with Gasteiger partial charge in [0.25, 0.3) is 0 Å². The molecule has 0 aromatic carbocycles. The Kier molecular flexibility index (Phi) is 10.5. The number of aliphatic imine (C=N–C) groups is 1. The van der Waals surface area contributed by atoms with Crippen molar-refractivity contribution >= 4 is 29.9 Å². The number of rotatable bonds is 10. The lowest BCUT2D eigenvalue weighted by molar-refractivity contribution is 0.129. The number of hydrogen-bond acceptors (Lipinski definition) is 3. The van der Waals surface area contributed by atoms with Crippen LogP contribution in [0, 0.1) is 5.41 Å². The molecule has 2 aliphatic rings. The maximum atomic E-state index is 5.52. The van der Waals surface area contributed by atoms with Crippen LogP contribution >= 0.6 is 24.0 Å². The molecule has 6 heteroatoms. The highest BCUT2D eigenvalue weighted by atomic mass is 127. The molecule has 0 radical (unpaired) electrons. The molecule has 0 bridgehead atoms. The van der Waals surface area contributed by atoms with Crippen molar-refractivity contribution in [3.63, 3.8) is 0 Å². The Morgan fingerprint density at radius 1 is 1.25 bits per heavy atom. The Balaban J connectivity index is 0.00000288. The topological polar surface area (TPSA) is 48.9 Å². The van der Waals surface area contributed by atoms with E-state index in [-0.39, 0.29) is 24.0 Å². The van der Waals surface area contributed by atoms with Crippen LogP contribution in [0.3, 0.4) is 0 Å². The molecule has 1 heterocycles. The molecule has 1 saturated carbocycles. The highest BCUT2D eigenvalue weighted by Crippen LogP contribution is 2.48. The third-order valence-electron chi connectivity index (χ3n) is 5.27. The molecule has 0 aromatic heterocycles. The maximum absolute atomic E-state index is 5.52. The Morgan fingerprint density at radius 3 is 2.67 bits per heavy atom. The van der Waals surface area contributed by atoms with Crippen molar-refractivity contribution in [2.75, 3.05) is 45.9 Å². The second kappa shape index (κ2) is 11.5. The van der Waals surface area contributed by atoms with Crippen molar-refractivity contribution in [1.29, 1.82) is 0 Å². The van der Waals surface area contributed by atoms with Gasteiger partial charge >= 0.3 is 0 Å². The zero-order chi connectivity index (χ0) is 16.5. The average Bonchev–Trinajstić information content (AvgIpc) is 3.18. The van der Waals surface area contributed by atoms with Crippen molar-refractivity contribution in [3.05, 3.63) is 0 Å². The number of nitrogens with zero attached hydrogens (tertiary/aromatic N) is 2. The van der Waals surface area contributed by atoms with Gasteiger partial charge in [-0.15, -0.1) is 24.0 Å². The van der Waals surface area contributed by atoms with Gasteiger partial charge in [-0.3, -0.25) is 9.89 Å². The van der Waals surface area contributed by atoms with Gasteiger partial charge in [0, 0.05) is 38.9 Å². The summed E-state index contributed by atoms with van der Waals surface area (Å²) in [6, 6.07) is 0.664. The minimum atomic E-state index is 0. The molecule has 1 saturated heterocycles. The number of hydrogen-bond donors (Lipinski definition) is 2. The molecule has 1 aliphatic carbocycles. The summed E-state index contributed by atoms with van der Waals surface area (Å²) in [5.74, 6) is 0.984. The van der Waals surface area contributed by atoms with Crippen LogP contribution in [0.2, 0.25) is 0 Å². The second-order valence-corrected chi connectivity index (χ2v) is 6.95. The first kappa shape index (κ1) is 22.0. The van der Waals surface area contributed by atoms with Crippen molar-refractivity contribution < 1.29 is 4.74 Å². The van der Waals surface area contributed by atoms with Gasteiger partial charge in [-0.1, -0.05) is 6.92 Å². The summed E-state index contributed by atoms with van der Waals surface area (Å²) < 4.78 is 5.52. The summed E-state index contributed by atoms with van der Waals surface area (Å²) >= 11 is 0. The minimum Gasteiger partial charge on any atom is -0.382 e. The number of guanidine groups is 1. The van der Waals surface area contributed by atoms with Crippen molar-refractivity contribution in [1.82, 2.24) is 15.5 Å². The van der Waals surface area contributed by atoms with E-state index in [4.69, 9.17) is 9.73 Å². The highest BCUT2D eigenvalue weighted by molar-refractivity contribution is 14.0. The van der Waals surface area contributed by atoms with Crippen molar-refractivity contribution in [2.45, 2.75) is 58.9 Å². The van der Waals surface area contributed by atoms with Crippen LogP contribution in [0.5, 0.6) is 0 Å². The predicted octanol–water partition coefficient (Wildman–Crippen LogP) is 2.85. The van der Waals surface area contributed by atoms with E-state index in [2.05, 4.69) is 36.3 Å². The molecule has 24 heavy (non-hydrogen) atoms. The zero-order valence-corrected chi connectivity index (χ0v) is 18.1. The van der Waals surface area contributed by atoms with E-state index in [0.29, 0.717) is 11.5 Å². The first-order valence-corrected chi connectivity index (χ1v) is 9.57. The predicted molar refractivity (Wildman–Crippen MR) is 112 cm³/mol. The summed E-state index contributed by atoms with van der Waals surface area (Å²) in [6.07, 6.45) is 6.38. The van der Waals surface area contributed by atoms with Crippen LogP contribution in [0.4, 0.5) is 0 Å². The first-order valence-electron chi connectivity index (χ1n) is 9.57. The molecule has 0 spiro atoms. The SMILES string of the molecule is CCNC(=NCC1(CCOCC)CC1)NCC1CCCN1CC.I. The van der Waals surface area contributed by atoms with Crippen LogP contribution in [-0.4, -0.2) is 62.8 Å². The van der Waals surface area contributed by atoms with Gasteiger partial charge in [-0.2, -0.15) is 0 Å². The Bertz CT molecular complexity index is 374. The van der Waals surface area contributed by atoms with Gasteiger partial charge in [0.05, 0.1) is 0 Å². The fourth-order valence-corrected chi connectivity index (χ4v) is 3.44. The lowest BCUT2D eigenvalue weighted by Crippen LogP contribution is -2.45. The van der Waals surface area contributed by atoms with Gasteiger partial charge < -0.3 is 15.4 Å². The monoisotopic (exact) mass is 452 g/mol. The molecule has 1 aliphatic heterocycles. The van der Waals surface area contributed by atoms with Crippen molar-refractivity contribution in [2.24, 2.45) is 10.4 Å². The number of likely N-dealkylation sites (N-methyl/N-ethyl adjacent to an activating group) is 1. The van der Waals surface area contributed by atoms with Crippen LogP contribution in [0.15, 0.2) is 4.99 Å². The average molecular weight is 452 g/mol. The van der Waals surface area contributed by atoms with Gasteiger partial charge in [0.15, 0.2) is 5.96 Å². The zero-order valence-electron chi connectivity index (χ0n) is 15.8. The lowest BCUT2D eigenvalue weighted by Gasteiger charge is -2.24. The fourth-order valence-electron chi connectivity index (χ4n) is 3.44. The molecule has 142 valence electrons. The molecule has 0 aromatic rings. The van der Waals surface area contributed by atoms with Gasteiger partial charge in [0.1, 0.15) is 0 Å². The van der Waals surface area contributed by atoms with Gasteiger partial charge in [-0.25, -0.2) is 0 Å². The fraction of sp³-hybridized carbons (Fsp3) is 0.944. The molecule has 2 rings (SSSR count). The normalized spacial score (nSPS) is 23.0. The van der Waals surface area contributed by atoms with E-state index >= 15 is 0 Å². The molecule has 1 unspecified atom stereocenters. The summed E-state index contributed by atoms with van der Waals surface area (Å²) in [6.45, 7) is 13.4. The molecule has 2 fully saturated rings. The van der Waals surface area contributed by atoms with E-state index in [1.165, 1.54) is 32.2 Å². The third-order valence-corrected chi connectivity index (χ3v) is 5.27. The van der Waals surface area contributed by atoms with E-state index in [0.717, 1.165) is 51.8 Å². The minimum absolute atomic E-state index is 0. The number of likely N-dealkylation sites (tertiary alicyclic amines) is 1. The third kappa shape index (κ3) is 7.04. The molecular formula is C18H37IN4O. The quantitative estimate of drug-likeness (QED) is 0.232. The largest absolute Gasteiger partial charge is 0.382 e. The Morgan fingerprint density at radius 2 is 2.04 bits per heavy atom. The van der Waals surface area contributed by atoms with E-state index in [1.807, 2.05) is 0 Å². The standard InChI is InChI=1S/C18H36N4O.HI/c1-4-19-17(20-14-16-8-7-12-22(16)5-2)21-15-18(9-10-18)11-13-23-6-3;/h16H,4-15H2,1-3H3,(H2,19,20,21);1H. The van der Waals surface area contributed by atoms with Gasteiger partial charge in [-0.05, 0) is 64.5 Å². The van der Waals surface area contributed by atoms with E-state index < -0.39 is 0 Å². The van der Waals surface area contributed by atoms with Gasteiger partial charge in [0.2, 0.25) is 0 Å². The highest BCUT2D eigenvalue weighted by Gasteiger charge is 2.41. The Hall–Kier alpha value is -0.0800. The summed E-state index contributed by atoms with van der Waals surface area (Å²) in [5, 5.41) is 6.96. The van der Waals surface area contributed by atoms with E-state index in [1.54, 1.807) is 0 Å². The summed E-state index contributed by atoms with van der Waals surface area (Å²) in [5.41, 5.74) is 0.417. The molecule has 0 amide bonds. The number of halogens is 1. The number of ether oxygens (including phenoxy) is 1.